The van der Waals surface area contributed by atoms with E-state index >= 15 is 0 Å². The number of carbonyl (C=O) groups excluding carboxylic acids is 1. The number of carbonyl (C=O) groups is 1. The molecule has 0 fully saturated rings. The van der Waals surface area contributed by atoms with E-state index in [0.29, 0.717) is 24.2 Å². The van der Waals surface area contributed by atoms with E-state index in [0.717, 1.165) is 11.1 Å². The summed E-state index contributed by atoms with van der Waals surface area (Å²) in [6.45, 7) is 2.73. The lowest BCUT2D eigenvalue weighted by molar-refractivity contribution is 0.0950. The Morgan fingerprint density at radius 1 is 1.11 bits per heavy atom. The molecule has 0 atom stereocenters. The third-order valence-electron chi connectivity index (χ3n) is 4.32. The minimum Gasteiger partial charge on any atom is -0.348 e. The van der Waals surface area contributed by atoms with E-state index in [2.05, 4.69) is 20.1 Å². The largest absolute Gasteiger partial charge is 0.348 e. The lowest BCUT2D eigenvalue weighted by Gasteiger charge is -2.10. The molecule has 8 nitrogen and oxygen atoms in total. The minimum atomic E-state index is -3.61. The Bertz CT molecular complexity index is 1060. The van der Waals surface area contributed by atoms with Gasteiger partial charge in [-0.25, -0.2) is 22.8 Å². The Balaban J connectivity index is 1.66. The van der Waals surface area contributed by atoms with E-state index in [-0.39, 0.29) is 10.8 Å². The van der Waals surface area contributed by atoms with Gasteiger partial charge in [0.15, 0.2) is 0 Å². The van der Waals surface area contributed by atoms with Crippen LogP contribution in [0.15, 0.2) is 60.0 Å². The van der Waals surface area contributed by atoms with Gasteiger partial charge in [0.1, 0.15) is 12.7 Å². The monoisotopic (exact) mass is 399 g/mol. The van der Waals surface area contributed by atoms with Crippen molar-refractivity contribution in [2.24, 2.45) is 0 Å². The summed E-state index contributed by atoms with van der Waals surface area (Å²) >= 11 is 0. The molecule has 28 heavy (non-hydrogen) atoms. The fourth-order valence-corrected chi connectivity index (χ4v) is 3.43. The van der Waals surface area contributed by atoms with Gasteiger partial charge >= 0.3 is 0 Å². The summed E-state index contributed by atoms with van der Waals surface area (Å²) in [4.78, 5) is 16.5. The Morgan fingerprint density at radius 2 is 1.82 bits per heavy atom. The summed E-state index contributed by atoms with van der Waals surface area (Å²) in [7, 11) is -2.27. The number of hydrogen-bond acceptors (Lipinski definition) is 5. The van der Waals surface area contributed by atoms with Gasteiger partial charge in [-0.2, -0.15) is 5.10 Å². The van der Waals surface area contributed by atoms with Gasteiger partial charge in [0.25, 0.3) is 5.91 Å². The first-order chi connectivity index (χ1) is 13.4. The van der Waals surface area contributed by atoms with E-state index in [1.807, 2.05) is 24.3 Å². The zero-order valence-corrected chi connectivity index (χ0v) is 16.4. The lowest BCUT2D eigenvalue weighted by atomic mass is 10.1. The highest BCUT2D eigenvalue weighted by molar-refractivity contribution is 7.89. The van der Waals surface area contributed by atoms with Gasteiger partial charge in [0.05, 0.1) is 11.4 Å². The average molecular weight is 399 g/mol. The molecule has 9 heteroatoms. The first kappa shape index (κ1) is 19.7. The maximum atomic E-state index is 12.5. The number of rotatable bonds is 7. The van der Waals surface area contributed by atoms with Crippen LogP contribution in [0, 0.1) is 6.92 Å². The SMILES string of the molecule is CNS(=O)(=O)c1ccc(C)c(C(=O)NCc2ccc(Cn3cncn3)cc2)c1. The van der Waals surface area contributed by atoms with E-state index in [1.54, 1.807) is 24.0 Å². The van der Waals surface area contributed by atoms with Crippen LogP contribution in [0.25, 0.3) is 0 Å². The van der Waals surface area contributed by atoms with Crippen LogP contribution in [0.1, 0.15) is 27.0 Å². The van der Waals surface area contributed by atoms with Crippen molar-refractivity contribution in [1.82, 2.24) is 24.8 Å². The lowest BCUT2D eigenvalue weighted by Crippen LogP contribution is -2.25. The number of nitrogens with zero attached hydrogens (tertiary/aromatic N) is 3. The first-order valence-corrected chi connectivity index (χ1v) is 10.1. The number of aryl methyl sites for hydroxylation is 1. The number of nitrogens with one attached hydrogen (secondary N) is 2. The third-order valence-corrected chi connectivity index (χ3v) is 5.73. The van der Waals surface area contributed by atoms with Crippen LogP contribution in [-0.4, -0.2) is 36.1 Å². The molecule has 1 heterocycles. The quantitative estimate of drug-likeness (QED) is 0.626. The standard InChI is InChI=1S/C19H21N5O3S/c1-14-3-8-17(28(26,27)20-2)9-18(14)19(25)22-10-15-4-6-16(7-5-15)11-24-13-21-12-23-24/h3-9,12-13,20H,10-11H2,1-2H3,(H,22,25). The van der Waals surface area contributed by atoms with Crippen molar-refractivity contribution in [3.05, 3.63) is 77.4 Å². The summed E-state index contributed by atoms with van der Waals surface area (Å²) in [5, 5.41) is 6.90. The topological polar surface area (TPSA) is 106 Å². The van der Waals surface area contributed by atoms with Crippen molar-refractivity contribution in [3.63, 3.8) is 0 Å². The van der Waals surface area contributed by atoms with Crippen molar-refractivity contribution in [2.75, 3.05) is 7.05 Å². The van der Waals surface area contributed by atoms with Gasteiger partial charge in [-0.1, -0.05) is 30.3 Å². The van der Waals surface area contributed by atoms with E-state index < -0.39 is 10.0 Å². The minimum absolute atomic E-state index is 0.0585. The molecule has 146 valence electrons. The highest BCUT2D eigenvalue weighted by Crippen LogP contribution is 2.16. The summed E-state index contributed by atoms with van der Waals surface area (Å²) in [5.74, 6) is -0.322. The fourth-order valence-electron chi connectivity index (χ4n) is 2.67. The molecule has 2 N–H and O–H groups in total. The number of sulfonamides is 1. The molecule has 0 saturated heterocycles. The molecule has 0 spiro atoms. The number of hydrogen-bond donors (Lipinski definition) is 2. The molecule has 0 bridgehead atoms. The van der Waals surface area contributed by atoms with E-state index in [1.165, 1.54) is 25.5 Å². The second kappa shape index (κ2) is 8.32. The molecule has 0 radical (unpaired) electrons. The molecule has 0 unspecified atom stereocenters. The molecule has 0 aliphatic heterocycles. The molecule has 1 amide bonds. The van der Waals surface area contributed by atoms with E-state index in [9.17, 15) is 13.2 Å². The Morgan fingerprint density at radius 3 is 2.46 bits per heavy atom. The van der Waals surface area contributed by atoms with Gasteiger partial charge in [-0.15, -0.1) is 0 Å². The van der Waals surface area contributed by atoms with Gasteiger partial charge < -0.3 is 5.32 Å². The molecule has 0 aliphatic rings. The number of amides is 1. The fraction of sp³-hybridized carbons (Fsp3) is 0.211. The molecule has 3 rings (SSSR count). The molecular formula is C19H21N5O3S. The average Bonchev–Trinajstić information content (AvgIpc) is 3.20. The second-order valence-corrected chi connectivity index (χ2v) is 8.16. The molecule has 0 aliphatic carbocycles. The second-order valence-electron chi connectivity index (χ2n) is 6.28. The summed E-state index contributed by atoms with van der Waals surface area (Å²) in [5.41, 5.74) is 3.04. The summed E-state index contributed by atoms with van der Waals surface area (Å²) in [6, 6.07) is 12.3. The smallest absolute Gasteiger partial charge is 0.251 e. The van der Waals surface area contributed by atoms with Crippen LogP contribution >= 0.6 is 0 Å². The van der Waals surface area contributed by atoms with Crippen molar-refractivity contribution in [2.45, 2.75) is 24.9 Å². The highest BCUT2D eigenvalue weighted by Gasteiger charge is 2.16. The highest BCUT2D eigenvalue weighted by atomic mass is 32.2. The van der Waals surface area contributed by atoms with Crippen molar-refractivity contribution in [3.8, 4) is 0 Å². The Kier molecular flexibility index (Phi) is 5.86. The van der Waals surface area contributed by atoms with E-state index in [4.69, 9.17) is 0 Å². The van der Waals surface area contributed by atoms with Crippen LogP contribution in [0.5, 0.6) is 0 Å². The van der Waals surface area contributed by atoms with Gasteiger partial charge in [0.2, 0.25) is 10.0 Å². The zero-order valence-electron chi connectivity index (χ0n) is 15.6. The van der Waals surface area contributed by atoms with Gasteiger partial charge in [-0.3, -0.25) is 4.79 Å². The molecular weight excluding hydrogens is 378 g/mol. The summed E-state index contributed by atoms with van der Waals surface area (Å²) in [6.07, 6.45) is 3.14. The number of aromatic nitrogens is 3. The Hall–Kier alpha value is -3.04. The van der Waals surface area contributed by atoms with Crippen LogP contribution in [0.2, 0.25) is 0 Å². The predicted octanol–water partition coefficient (Wildman–Crippen LogP) is 1.47. The van der Waals surface area contributed by atoms with Crippen molar-refractivity contribution >= 4 is 15.9 Å². The van der Waals surface area contributed by atoms with Crippen molar-refractivity contribution < 1.29 is 13.2 Å². The summed E-state index contributed by atoms with van der Waals surface area (Å²) < 4.78 is 27.9. The maximum absolute atomic E-state index is 12.5. The molecule has 2 aromatic carbocycles. The number of benzene rings is 2. The van der Waals surface area contributed by atoms with Crippen LogP contribution in [0.4, 0.5) is 0 Å². The van der Waals surface area contributed by atoms with Crippen LogP contribution in [0.3, 0.4) is 0 Å². The third kappa shape index (κ3) is 4.62. The Labute approximate surface area is 163 Å². The normalized spacial score (nSPS) is 11.4. The molecule has 3 aromatic rings. The predicted molar refractivity (Wildman–Crippen MR) is 104 cm³/mol. The molecule has 1 aromatic heterocycles. The maximum Gasteiger partial charge on any atom is 0.251 e. The zero-order chi connectivity index (χ0) is 20.1. The van der Waals surface area contributed by atoms with Gasteiger partial charge in [0, 0.05) is 12.1 Å². The van der Waals surface area contributed by atoms with Gasteiger partial charge in [-0.05, 0) is 42.8 Å². The molecule has 0 saturated carbocycles. The van der Waals surface area contributed by atoms with Crippen molar-refractivity contribution in [1.29, 1.82) is 0 Å². The van der Waals surface area contributed by atoms with Crippen LogP contribution < -0.4 is 10.0 Å². The first-order valence-electron chi connectivity index (χ1n) is 8.61. The van der Waals surface area contributed by atoms with Crippen LogP contribution in [-0.2, 0) is 23.1 Å².